The van der Waals surface area contributed by atoms with Crippen molar-refractivity contribution in [3.05, 3.63) is 85.0 Å². The number of hydrogen-bond donors (Lipinski definition) is 0. The molecule has 0 N–H and O–H groups in total. The summed E-state index contributed by atoms with van der Waals surface area (Å²) >= 11 is -5.06. The molecule has 113 valence electrons. The summed E-state index contributed by atoms with van der Waals surface area (Å²) in [5, 5.41) is 0. The zero-order valence-corrected chi connectivity index (χ0v) is 15.7. The van der Waals surface area contributed by atoms with E-state index in [1.165, 1.54) is 0 Å². The molecule has 0 radical (unpaired) electrons. The SMILES string of the molecule is [Cl][Zr]([Cl])([O]c1ccccc1)([O]c1ccccc1)[CH]1C=CC=C1. The Bertz CT molecular complexity index is 642. The molecule has 0 aromatic heterocycles. The maximum atomic E-state index is 6.90. The molecule has 22 heavy (non-hydrogen) atoms. The van der Waals surface area contributed by atoms with E-state index in [1.807, 2.05) is 85.0 Å². The topological polar surface area (TPSA) is 18.5 Å². The minimum absolute atomic E-state index is 0.245. The molecule has 0 saturated heterocycles. The van der Waals surface area contributed by atoms with Crippen LogP contribution >= 0.6 is 17.0 Å². The van der Waals surface area contributed by atoms with Crippen molar-refractivity contribution >= 4 is 17.0 Å². The monoisotopic (exact) mass is 411 g/mol. The summed E-state index contributed by atoms with van der Waals surface area (Å²) in [6.07, 6.45) is 7.67. The summed E-state index contributed by atoms with van der Waals surface area (Å²) in [5.41, 5.74) is 0. The van der Waals surface area contributed by atoms with Gasteiger partial charge in [-0.1, -0.05) is 0 Å². The molecule has 0 spiro atoms. The molecule has 0 unspecified atom stereocenters. The second-order valence-corrected chi connectivity index (χ2v) is 21.8. The van der Waals surface area contributed by atoms with Crippen LogP contribution in [0.5, 0.6) is 11.5 Å². The summed E-state index contributed by atoms with van der Waals surface area (Å²) in [4.78, 5) is 0. The Hall–Kier alpha value is -1.02. The first-order valence-electron chi connectivity index (χ1n) is 6.97. The summed E-state index contributed by atoms with van der Waals surface area (Å²) in [6.45, 7) is 0. The van der Waals surface area contributed by atoms with E-state index in [-0.39, 0.29) is 3.63 Å². The van der Waals surface area contributed by atoms with Gasteiger partial charge in [-0.25, -0.2) is 0 Å². The molecule has 0 amide bonds. The van der Waals surface area contributed by atoms with Gasteiger partial charge in [-0.15, -0.1) is 0 Å². The van der Waals surface area contributed by atoms with E-state index in [1.54, 1.807) is 0 Å². The second kappa shape index (κ2) is 6.24. The summed E-state index contributed by atoms with van der Waals surface area (Å²) in [6, 6.07) is 18.6. The Morgan fingerprint density at radius 3 is 1.50 bits per heavy atom. The first-order valence-corrected chi connectivity index (χ1v) is 16.7. The van der Waals surface area contributed by atoms with Crippen molar-refractivity contribution in [2.45, 2.75) is 3.63 Å². The van der Waals surface area contributed by atoms with Crippen LogP contribution in [-0.2, 0) is 17.3 Å². The predicted octanol–water partition coefficient (Wildman–Crippen LogP) is 5.89. The fraction of sp³-hybridized carbons (Fsp3) is 0.0588. The summed E-state index contributed by atoms with van der Waals surface area (Å²) in [7, 11) is 13.8. The van der Waals surface area contributed by atoms with Gasteiger partial charge in [0.2, 0.25) is 0 Å². The van der Waals surface area contributed by atoms with E-state index >= 15 is 0 Å². The van der Waals surface area contributed by atoms with Crippen molar-refractivity contribution in [3.8, 4) is 11.5 Å². The third kappa shape index (κ3) is 3.48. The van der Waals surface area contributed by atoms with Crippen LogP contribution in [0.1, 0.15) is 0 Å². The molecule has 0 saturated carbocycles. The number of rotatable bonds is 5. The third-order valence-electron chi connectivity index (χ3n) is 3.35. The molecule has 0 atom stereocenters. The third-order valence-corrected chi connectivity index (χ3v) is 14.6. The quantitative estimate of drug-likeness (QED) is 0.609. The Morgan fingerprint density at radius 1 is 0.682 bits per heavy atom. The van der Waals surface area contributed by atoms with Crippen molar-refractivity contribution in [2.75, 3.05) is 0 Å². The van der Waals surface area contributed by atoms with Gasteiger partial charge in [0.1, 0.15) is 0 Å². The van der Waals surface area contributed by atoms with Crippen LogP contribution in [-0.4, -0.2) is 0 Å². The molecule has 0 heterocycles. The molecule has 0 aliphatic heterocycles. The second-order valence-electron chi connectivity index (χ2n) is 5.04. The normalized spacial score (nSPS) is 16.2. The van der Waals surface area contributed by atoms with Crippen molar-refractivity contribution in [1.82, 2.24) is 0 Å². The molecule has 3 rings (SSSR count). The molecular formula is C17H15Cl2O2Zr. The van der Waals surface area contributed by atoms with Crippen LogP contribution in [0.25, 0.3) is 0 Å². The fourth-order valence-electron chi connectivity index (χ4n) is 2.28. The molecule has 0 fully saturated rings. The van der Waals surface area contributed by atoms with Crippen LogP contribution < -0.4 is 5.63 Å². The average molecular weight is 413 g/mol. The minimum atomic E-state index is -5.06. The van der Waals surface area contributed by atoms with Gasteiger partial charge in [-0.3, -0.25) is 0 Å². The number of para-hydroxylation sites is 2. The zero-order valence-electron chi connectivity index (χ0n) is 11.7. The van der Waals surface area contributed by atoms with Gasteiger partial charge in [0.25, 0.3) is 0 Å². The Balaban J connectivity index is 1.98. The zero-order chi connectivity index (χ0) is 15.5. The molecule has 2 nitrogen and oxygen atoms in total. The van der Waals surface area contributed by atoms with E-state index in [9.17, 15) is 0 Å². The van der Waals surface area contributed by atoms with Gasteiger partial charge in [0.05, 0.1) is 0 Å². The summed E-state index contributed by atoms with van der Waals surface area (Å²) in [5.74, 6) is 1.23. The predicted molar refractivity (Wildman–Crippen MR) is 87.9 cm³/mol. The summed E-state index contributed by atoms with van der Waals surface area (Å²) < 4.78 is 11.9. The van der Waals surface area contributed by atoms with Crippen molar-refractivity contribution in [1.29, 1.82) is 0 Å². The van der Waals surface area contributed by atoms with Gasteiger partial charge in [-0.2, -0.15) is 0 Å². The van der Waals surface area contributed by atoms with Gasteiger partial charge < -0.3 is 0 Å². The molecular weight excluding hydrogens is 398 g/mol. The standard InChI is InChI=1S/2C6H6O.C5H5.2ClH.Zr/c2*7-6-4-2-1-3-5-6;1-2-4-5-3-1;;;/h2*1-5,7H;1-5H;2*1H;/q;;;;;+4/p-4. The van der Waals surface area contributed by atoms with E-state index in [2.05, 4.69) is 0 Å². The fourth-order valence-corrected chi connectivity index (χ4v) is 11.6. The van der Waals surface area contributed by atoms with Crippen LogP contribution in [0.4, 0.5) is 0 Å². The Labute approximate surface area is 139 Å². The number of hydrogen-bond acceptors (Lipinski definition) is 2. The van der Waals surface area contributed by atoms with Crippen molar-refractivity contribution in [3.63, 3.8) is 0 Å². The Morgan fingerprint density at radius 2 is 1.09 bits per heavy atom. The molecule has 1 aliphatic carbocycles. The number of allylic oxidation sites excluding steroid dienone is 4. The van der Waals surface area contributed by atoms with E-state index in [4.69, 9.17) is 22.7 Å². The van der Waals surface area contributed by atoms with Crippen molar-refractivity contribution < 1.29 is 22.9 Å². The van der Waals surface area contributed by atoms with Gasteiger partial charge in [0.15, 0.2) is 0 Å². The van der Waals surface area contributed by atoms with Gasteiger partial charge >= 0.3 is 140 Å². The van der Waals surface area contributed by atoms with Crippen LogP contribution in [0, 0.1) is 0 Å². The van der Waals surface area contributed by atoms with Gasteiger partial charge in [-0.05, 0) is 0 Å². The first-order chi connectivity index (χ1) is 10.6. The first kappa shape index (κ1) is 15.9. The maximum absolute atomic E-state index is 6.90. The molecule has 1 aliphatic rings. The molecule has 0 bridgehead atoms. The number of halogens is 2. The van der Waals surface area contributed by atoms with Crippen molar-refractivity contribution in [2.24, 2.45) is 0 Å². The molecule has 5 heteroatoms. The van der Waals surface area contributed by atoms with Crippen LogP contribution in [0.2, 0.25) is 3.63 Å². The van der Waals surface area contributed by atoms with Crippen LogP contribution in [0.15, 0.2) is 85.0 Å². The molecule has 2 aromatic carbocycles. The average Bonchev–Trinajstić information content (AvgIpc) is 3.04. The van der Waals surface area contributed by atoms with Crippen LogP contribution in [0.3, 0.4) is 0 Å². The van der Waals surface area contributed by atoms with E-state index < -0.39 is 17.3 Å². The molecule has 2 aromatic rings. The Kier molecular flexibility index (Phi) is 4.50. The van der Waals surface area contributed by atoms with E-state index in [0.29, 0.717) is 11.5 Å². The van der Waals surface area contributed by atoms with Gasteiger partial charge in [0, 0.05) is 0 Å². The van der Waals surface area contributed by atoms with E-state index in [0.717, 1.165) is 0 Å². The number of benzene rings is 2.